The van der Waals surface area contributed by atoms with Crippen LogP contribution in [0.4, 0.5) is 19.0 Å². The molecular weight excluding hydrogens is 417 g/mol. The van der Waals surface area contributed by atoms with Crippen LogP contribution in [0.15, 0.2) is 40.3 Å². The Labute approximate surface area is 166 Å². The van der Waals surface area contributed by atoms with Crippen molar-refractivity contribution in [2.75, 3.05) is 5.32 Å². The first-order valence-electron chi connectivity index (χ1n) is 8.30. The molecule has 4 heterocycles. The fourth-order valence-electron chi connectivity index (χ4n) is 3.07. The predicted octanol–water partition coefficient (Wildman–Crippen LogP) is 4.78. The highest BCUT2D eigenvalue weighted by Gasteiger charge is 2.48. The summed E-state index contributed by atoms with van der Waals surface area (Å²) in [6, 6.07) is 4.38. The molecule has 11 heteroatoms. The number of furan rings is 1. The Hall–Kier alpha value is -2.46. The fraction of sp³-hybridized carbons (Fsp3) is 0.294. The Balaban J connectivity index is 1.65. The van der Waals surface area contributed by atoms with Crippen molar-refractivity contribution in [1.82, 2.24) is 15.1 Å². The van der Waals surface area contributed by atoms with Crippen molar-refractivity contribution in [3.63, 3.8) is 0 Å². The maximum Gasteiger partial charge on any atom is 0.410 e. The van der Waals surface area contributed by atoms with Gasteiger partial charge in [-0.15, -0.1) is 11.3 Å². The molecule has 0 saturated heterocycles. The van der Waals surface area contributed by atoms with Crippen LogP contribution in [0, 0.1) is 0 Å². The van der Waals surface area contributed by atoms with Crippen molar-refractivity contribution < 1.29 is 22.4 Å². The van der Waals surface area contributed by atoms with Gasteiger partial charge in [0, 0.05) is 11.3 Å². The van der Waals surface area contributed by atoms with Crippen LogP contribution in [0.25, 0.3) is 0 Å². The number of amides is 1. The van der Waals surface area contributed by atoms with Crippen LogP contribution >= 0.6 is 22.9 Å². The van der Waals surface area contributed by atoms with E-state index in [9.17, 15) is 18.0 Å². The van der Waals surface area contributed by atoms with Gasteiger partial charge in [0.25, 0.3) is 5.91 Å². The summed E-state index contributed by atoms with van der Waals surface area (Å²) in [7, 11) is 0. The van der Waals surface area contributed by atoms with E-state index in [4.69, 9.17) is 16.0 Å². The zero-order valence-corrected chi connectivity index (χ0v) is 15.7. The lowest BCUT2D eigenvalue weighted by molar-refractivity contribution is -0.173. The van der Waals surface area contributed by atoms with Crippen LogP contribution in [0.1, 0.15) is 39.6 Å². The first-order chi connectivity index (χ1) is 13.3. The van der Waals surface area contributed by atoms with Gasteiger partial charge < -0.3 is 15.1 Å². The van der Waals surface area contributed by atoms with Gasteiger partial charge in [0.2, 0.25) is 0 Å². The van der Waals surface area contributed by atoms with E-state index in [0.29, 0.717) is 5.76 Å². The summed E-state index contributed by atoms with van der Waals surface area (Å²) in [4.78, 5) is 13.2. The van der Waals surface area contributed by atoms with E-state index in [2.05, 4.69) is 15.7 Å². The lowest BCUT2D eigenvalue weighted by Gasteiger charge is -2.32. The zero-order valence-electron chi connectivity index (χ0n) is 14.2. The summed E-state index contributed by atoms with van der Waals surface area (Å²) in [5.74, 6) is -0.201. The number of hydrogen-bond acceptors (Lipinski definition) is 5. The summed E-state index contributed by atoms with van der Waals surface area (Å²) in [5.41, 5.74) is -0.267. The molecule has 0 spiro atoms. The minimum Gasteiger partial charge on any atom is -0.467 e. The molecule has 0 aromatic carbocycles. The number of alkyl halides is 3. The summed E-state index contributed by atoms with van der Waals surface area (Å²) >= 11 is 7.60. The quantitative estimate of drug-likeness (QED) is 0.624. The molecule has 0 unspecified atom stereocenters. The van der Waals surface area contributed by atoms with Gasteiger partial charge in [0.1, 0.15) is 16.6 Å². The van der Waals surface area contributed by atoms with E-state index in [0.717, 1.165) is 9.56 Å². The molecule has 2 atom stereocenters. The molecule has 0 saturated carbocycles. The number of aromatic nitrogens is 2. The lowest BCUT2D eigenvalue weighted by atomic mass is 10.0. The molecule has 0 fully saturated rings. The SMILES string of the molecule is O=C(NCc1ccco1)c1nn2c(c1Cl)N[C@H](c1cccs1)C[C@@H]2C(F)(F)F. The number of carbonyl (C=O) groups excluding carboxylic acids is 1. The molecule has 28 heavy (non-hydrogen) atoms. The highest BCUT2D eigenvalue weighted by molar-refractivity contribution is 7.10. The monoisotopic (exact) mass is 430 g/mol. The molecule has 3 aromatic rings. The minimum atomic E-state index is -4.54. The Morgan fingerprint density at radius 1 is 1.43 bits per heavy atom. The summed E-state index contributed by atoms with van der Waals surface area (Å²) in [6.45, 7) is 0.0678. The molecule has 148 valence electrons. The number of anilines is 1. The number of carbonyl (C=O) groups is 1. The van der Waals surface area contributed by atoms with Crippen LogP contribution in [0.2, 0.25) is 5.02 Å². The molecule has 1 amide bonds. The number of fused-ring (bicyclic) bond motifs is 1. The second-order valence-corrected chi connectivity index (χ2v) is 7.58. The number of thiophene rings is 1. The number of halogens is 4. The summed E-state index contributed by atoms with van der Waals surface area (Å²) < 4.78 is 46.9. The van der Waals surface area contributed by atoms with Gasteiger partial charge in [0.15, 0.2) is 11.7 Å². The summed E-state index contributed by atoms with van der Waals surface area (Å²) in [5, 5.41) is 11.1. The largest absolute Gasteiger partial charge is 0.467 e. The van der Waals surface area contributed by atoms with E-state index in [1.54, 1.807) is 29.6 Å². The van der Waals surface area contributed by atoms with Crippen LogP contribution in [0.5, 0.6) is 0 Å². The van der Waals surface area contributed by atoms with E-state index in [-0.39, 0.29) is 29.5 Å². The Kier molecular flexibility index (Phi) is 4.84. The van der Waals surface area contributed by atoms with Crippen LogP contribution in [-0.4, -0.2) is 21.9 Å². The fourth-order valence-corrected chi connectivity index (χ4v) is 4.13. The minimum absolute atomic E-state index is 0.0169. The second kappa shape index (κ2) is 7.17. The molecule has 1 aliphatic heterocycles. The zero-order chi connectivity index (χ0) is 19.9. The second-order valence-electron chi connectivity index (χ2n) is 6.22. The molecule has 6 nitrogen and oxygen atoms in total. The average Bonchev–Trinajstić information content (AvgIpc) is 3.40. The molecule has 0 radical (unpaired) electrons. The van der Waals surface area contributed by atoms with Gasteiger partial charge in [-0.2, -0.15) is 18.3 Å². The van der Waals surface area contributed by atoms with E-state index >= 15 is 0 Å². The van der Waals surface area contributed by atoms with Crippen LogP contribution in [0.3, 0.4) is 0 Å². The third-order valence-corrected chi connectivity index (χ3v) is 5.74. The van der Waals surface area contributed by atoms with Crippen molar-refractivity contribution >= 4 is 34.7 Å². The molecule has 4 rings (SSSR count). The first kappa shape index (κ1) is 18.9. The van der Waals surface area contributed by atoms with Crippen molar-refractivity contribution in [3.05, 3.63) is 57.3 Å². The lowest BCUT2D eigenvalue weighted by Crippen LogP contribution is -2.35. The Morgan fingerprint density at radius 2 is 2.25 bits per heavy atom. The van der Waals surface area contributed by atoms with Crippen LogP contribution in [-0.2, 0) is 6.54 Å². The Bertz CT molecular complexity index is 970. The maximum absolute atomic E-state index is 13.7. The molecule has 0 bridgehead atoms. The number of hydrogen-bond donors (Lipinski definition) is 2. The van der Waals surface area contributed by atoms with Gasteiger partial charge >= 0.3 is 6.18 Å². The van der Waals surface area contributed by atoms with Gasteiger partial charge in [-0.05, 0) is 23.6 Å². The van der Waals surface area contributed by atoms with Gasteiger partial charge in [0.05, 0.1) is 18.8 Å². The number of rotatable bonds is 4. The normalized spacial score (nSPS) is 19.1. The van der Waals surface area contributed by atoms with Gasteiger partial charge in [-0.1, -0.05) is 17.7 Å². The number of nitrogens with one attached hydrogen (secondary N) is 2. The topological polar surface area (TPSA) is 72.1 Å². The highest BCUT2D eigenvalue weighted by Crippen LogP contribution is 2.46. The third-order valence-electron chi connectivity index (χ3n) is 4.40. The smallest absolute Gasteiger partial charge is 0.410 e. The summed E-state index contributed by atoms with van der Waals surface area (Å²) in [6.07, 6.45) is -3.33. The predicted molar refractivity (Wildman–Crippen MR) is 97.5 cm³/mol. The van der Waals surface area contributed by atoms with E-state index < -0.39 is 24.2 Å². The van der Waals surface area contributed by atoms with Crippen molar-refractivity contribution in [3.8, 4) is 0 Å². The molecule has 1 aliphatic rings. The number of nitrogens with zero attached hydrogens (tertiary/aromatic N) is 2. The van der Waals surface area contributed by atoms with Crippen molar-refractivity contribution in [2.24, 2.45) is 0 Å². The van der Waals surface area contributed by atoms with Gasteiger partial charge in [-0.25, -0.2) is 4.68 Å². The Morgan fingerprint density at radius 3 is 2.89 bits per heavy atom. The maximum atomic E-state index is 13.7. The third kappa shape index (κ3) is 3.49. The van der Waals surface area contributed by atoms with E-state index in [1.807, 2.05) is 0 Å². The highest BCUT2D eigenvalue weighted by atomic mass is 35.5. The van der Waals surface area contributed by atoms with Gasteiger partial charge in [-0.3, -0.25) is 4.79 Å². The molecule has 3 aromatic heterocycles. The molecular formula is C17H14ClF3N4O2S. The molecule has 0 aliphatic carbocycles. The first-order valence-corrected chi connectivity index (χ1v) is 9.55. The van der Waals surface area contributed by atoms with Crippen molar-refractivity contribution in [2.45, 2.75) is 31.2 Å². The van der Waals surface area contributed by atoms with Crippen molar-refractivity contribution in [1.29, 1.82) is 0 Å². The average molecular weight is 431 g/mol. The van der Waals surface area contributed by atoms with E-state index in [1.165, 1.54) is 17.6 Å². The molecule has 2 N–H and O–H groups in total. The van der Waals surface area contributed by atoms with Crippen LogP contribution < -0.4 is 10.6 Å². The standard InChI is InChI=1S/C17H14ClF3N4O2S/c18-13-14(16(26)22-8-9-3-1-5-27-9)24-25-12(17(19,20)21)7-10(23-15(13)25)11-4-2-6-28-11/h1-6,10,12,23H,7-8H2,(H,22,26)/t10-,12+/m0/s1.